The summed E-state index contributed by atoms with van der Waals surface area (Å²) in [6.07, 6.45) is 22.5. The third kappa shape index (κ3) is 19.4. The quantitative estimate of drug-likeness (QED) is 0.136. The van der Waals surface area contributed by atoms with Crippen molar-refractivity contribution in [3.63, 3.8) is 0 Å². The van der Waals surface area contributed by atoms with E-state index in [4.69, 9.17) is 9.84 Å². The summed E-state index contributed by atoms with van der Waals surface area (Å²) in [5.74, 6) is -0.245. The number of unbranched alkanes of at least 4 members (excludes halogenated alkanes) is 15. The third-order valence-corrected chi connectivity index (χ3v) is 6.02. The molecule has 0 spiro atoms. The lowest BCUT2D eigenvalue weighted by Crippen LogP contribution is -2.25. The lowest BCUT2D eigenvalue weighted by molar-refractivity contribution is -0.152. The predicted molar refractivity (Wildman–Crippen MR) is 127 cm³/mol. The summed E-state index contributed by atoms with van der Waals surface area (Å²) in [6, 6.07) is 0. The maximum atomic E-state index is 12.5. The molecule has 180 valence electrons. The Bertz CT molecular complexity index is 359. The Balaban J connectivity index is 4.02. The van der Waals surface area contributed by atoms with Crippen LogP contribution in [0, 0.1) is 5.92 Å². The van der Waals surface area contributed by atoms with Crippen molar-refractivity contribution in [2.24, 2.45) is 5.92 Å². The van der Waals surface area contributed by atoms with Gasteiger partial charge in [0.25, 0.3) is 0 Å². The monoisotopic (exact) mass is 428 g/mol. The Kier molecular flexibility index (Phi) is 22.6. The Morgan fingerprint density at radius 2 is 1.03 bits per heavy atom. The van der Waals surface area contributed by atoms with Crippen LogP contribution in [0.2, 0.25) is 0 Å². The van der Waals surface area contributed by atoms with Crippen LogP contribution in [0.25, 0.3) is 0 Å². The first-order valence-electron chi connectivity index (χ1n) is 13.1. The molecule has 0 aliphatic carbocycles. The molecule has 0 aromatic carbocycles. The Labute approximate surface area is 187 Å². The van der Waals surface area contributed by atoms with Crippen molar-refractivity contribution in [3.05, 3.63) is 0 Å². The molecule has 0 fully saturated rings. The lowest BCUT2D eigenvalue weighted by atomic mass is 9.94. The van der Waals surface area contributed by atoms with Gasteiger partial charge in [0.05, 0.1) is 12.5 Å². The van der Waals surface area contributed by atoms with E-state index in [2.05, 4.69) is 13.8 Å². The van der Waals surface area contributed by atoms with Crippen molar-refractivity contribution in [1.29, 1.82) is 0 Å². The first kappa shape index (κ1) is 29.4. The minimum absolute atomic E-state index is 0.0551. The summed E-state index contributed by atoms with van der Waals surface area (Å²) < 4.78 is 5.26. The Hall–Kier alpha value is -0.610. The molecule has 30 heavy (non-hydrogen) atoms. The Morgan fingerprint density at radius 1 is 0.667 bits per heavy atom. The molecular formula is C26H52O4. The highest BCUT2D eigenvalue weighted by molar-refractivity contribution is 5.72. The molecule has 2 N–H and O–H groups in total. The second-order valence-electron chi connectivity index (χ2n) is 9.04. The van der Waals surface area contributed by atoms with Crippen LogP contribution in [0.1, 0.15) is 136 Å². The van der Waals surface area contributed by atoms with E-state index in [1.807, 2.05) is 0 Å². The second-order valence-corrected chi connectivity index (χ2v) is 9.04. The molecule has 0 aromatic rings. The van der Waals surface area contributed by atoms with Crippen molar-refractivity contribution >= 4 is 5.97 Å². The Morgan fingerprint density at radius 3 is 1.40 bits per heavy atom. The molecule has 0 rings (SSSR count). The normalized spacial score (nSPS) is 13.3. The number of esters is 1. The minimum atomic E-state index is -0.967. The summed E-state index contributed by atoms with van der Waals surface area (Å²) in [4.78, 5) is 12.5. The van der Waals surface area contributed by atoms with E-state index in [0.717, 1.165) is 25.7 Å². The van der Waals surface area contributed by atoms with Crippen LogP contribution in [0.15, 0.2) is 0 Å². The van der Waals surface area contributed by atoms with Crippen molar-refractivity contribution in [1.82, 2.24) is 0 Å². The van der Waals surface area contributed by atoms with Gasteiger partial charge in [-0.15, -0.1) is 0 Å². The number of aliphatic hydroxyl groups excluding tert-OH is 2. The molecule has 2 unspecified atom stereocenters. The number of ether oxygens (including phenoxy) is 1. The van der Waals surface area contributed by atoms with Crippen molar-refractivity contribution in [2.75, 3.05) is 13.2 Å². The van der Waals surface area contributed by atoms with E-state index in [-0.39, 0.29) is 25.1 Å². The van der Waals surface area contributed by atoms with Gasteiger partial charge < -0.3 is 14.9 Å². The molecule has 0 aliphatic rings. The zero-order chi connectivity index (χ0) is 22.3. The van der Waals surface area contributed by atoms with Crippen LogP contribution >= 0.6 is 0 Å². The number of hydrogen-bond donors (Lipinski definition) is 2. The van der Waals surface area contributed by atoms with Crippen molar-refractivity contribution in [2.45, 2.75) is 142 Å². The van der Waals surface area contributed by atoms with E-state index in [1.54, 1.807) is 0 Å². The number of carbonyl (C=O) groups is 1. The molecule has 0 bridgehead atoms. The molecule has 0 saturated carbocycles. The van der Waals surface area contributed by atoms with Crippen molar-refractivity contribution in [3.8, 4) is 0 Å². The summed E-state index contributed by atoms with van der Waals surface area (Å²) in [5.41, 5.74) is 0. The van der Waals surface area contributed by atoms with Crippen LogP contribution in [0.3, 0.4) is 0 Å². The largest absolute Gasteiger partial charge is 0.463 e. The van der Waals surface area contributed by atoms with E-state index in [9.17, 15) is 9.90 Å². The molecule has 4 nitrogen and oxygen atoms in total. The van der Waals surface area contributed by atoms with Gasteiger partial charge in [0.2, 0.25) is 0 Å². The number of carbonyl (C=O) groups excluding carboxylic acids is 1. The molecule has 4 heteroatoms. The molecule has 0 amide bonds. The SMILES string of the molecule is CCCCCCCCCCCC(CCCCCCCCCC)C(=O)OCC(O)CO. The highest BCUT2D eigenvalue weighted by Crippen LogP contribution is 2.21. The minimum Gasteiger partial charge on any atom is -0.463 e. The highest BCUT2D eigenvalue weighted by Gasteiger charge is 2.20. The molecule has 0 aromatic heterocycles. The van der Waals surface area contributed by atoms with Crippen LogP contribution in [-0.4, -0.2) is 35.5 Å². The van der Waals surface area contributed by atoms with E-state index in [0.29, 0.717) is 0 Å². The fraction of sp³-hybridized carbons (Fsp3) is 0.962. The molecule has 0 heterocycles. The van der Waals surface area contributed by atoms with Crippen LogP contribution in [0.4, 0.5) is 0 Å². The van der Waals surface area contributed by atoms with Gasteiger partial charge >= 0.3 is 5.97 Å². The molecular weight excluding hydrogens is 376 g/mol. The van der Waals surface area contributed by atoms with Gasteiger partial charge in [-0.2, -0.15) is 0 Å². The number of rotatable bonds is 23. The van der Waals surface area contributed by atoms with Crippen LogP contribution < -0.4 is 0 Å². The molecule has 0 saturated heterocycles. The van der Waals surface area contributed by atoms with Gasteiger partial charge in [0, 0.05) is 0 Å². The zero-order valence-corrected chi connectivity index (χ0v) is 20.2. The zero-order valence-electron chi connectivity index (χ0n) is 20.2. The topological polar surface area (TPSA) is 66.8 Å². The molecule has 0 radical (unpaired) electrons. The summed E-state index contributed by atoms with van der Waals surface area (Å²) in [5, 5.41) is 18.4. The number of hydrogen-bond acceptors (Lipinski definition) is 4. The summed E-state index contributed by atoms with van der Waals surface area (Å²) >= 11 is 0. The first-order valence-corrected chi connectivity index (χ1v) is 13.1. The second kappa shape index (κ2) is 23.1. The van der Waals surface area contributed by atoms with Gasteiger partial charge in [-0.1, -0.05) is 123 Å². The van der Waals surface area contributed by atoms with Crippen LogP contribution in [0.5, 0.6) is 0 Å². The predicted octanol–water partition coefficient (Wildman–Crippen LogP) is 6.95. The maximum absolute atomic E-state index is 12.5. The maximum Gasteiger partial charge on any atom is 0.309 e. The average molecular weight is 429 g/mol. The van der Waals surface area contributed by atoms with Crippen molar-refractivity contribution < 1.29 is 19.7 Å². The van der Waals surface area contributed by atoms with Crippen LogP contribution in [-0.2, 0) is 9.53 Å². The van der Waals surface area contributed by atoms with Gasteiger partial charge in [0.1, 0.15) is 12.7 Å². The fourth-order valence-corrected chi connectivity index (χ4v) is 3.95. The van der Waals surface area contributed by atoms with Gasteiger partial charge in [-0.25, -0.2) is 0 Å². The first-order chi connectivity index (χ1) is 14.7. The van der Waals surface area contributed by atoms with E-state index >= 15 is 0 Å². The fourth-order valence-electron chi connectivity index (χ4n) is 3.95. The standard InChI is InChI=1S/C26H52O4/c1-3-5-7-9-11-13-15-17-19-21-24(26(29)30-23-25(28)22-27)20-18-16-14-12-10-8-6-4-2/h24-25,27-28H,3-23H2,1-2H3. The average Bonchev–Trinajstić information content (AvgIpc) is 2.76. The lowest BCUT2D eigenvalue weighted by Gasteiger charge is -2.17. The molecule has 2 atom stereocenters. The highest BCUT2D eigenvalue weighted by atomic mass is 16.5. The summed E-state index contributed by atoms with van der Waals surface area (Å²) in [6.45, 7) is 4.03. The smallest absolute Gasteiger partial charge is 0.309 e. The molecule has 0 aliphatic heterocycles. The van der Waals surface area contributed by atoms with Gasteiger partial charge in [-0.3, -0.25) is 4.79 Å². The van der Waals surface area contributed by atoms with E-state index < -0.39 is 6.10 Å². The van der Waals surface area contributed by atoms with Gasteiger partial charge in [0.15, 0.2) is 0 Å². The van der Waals surface area contributed by atoms with Gasteiger partial charge in [-0.05, 0) is 12.8 Å². The number of aliphatic hydroxyl groups is 2. The van der Waals surface area contributed by atoms with E-state index in [1.165, 1.54) is 96.3 Å². The summed E-state index contributed by atoms with van der Waals surface area (Å²) in [7, 11) is 0. The third-order valence-electron chi connectivity index (χ3n) is 6.02.